The molecule has 5 aromatic rings. The largest absolute Gasteiger partial charge is 0.487 e. The van der Waals surface area contributed by atoms with E-state index in [9.17, 15) is 0 Å². The summed E-state index contributed by atoms with van der Waals surface area (Å²) >= 11 is 0. The van der Waals surface area contributed by atoms with Gasteiger partial charge < -0.3 is 15.5 Å². The lowest BCUT2D eigenvalue weighted by Gasteiger charge is -2.23. The molecule has 31 heavy (non-hydrogen) atoms. The van der Waals surface area contributed by atoms with Crippen LogP contribution in [-0.2, 0) is 6.61 Å². The van der Waals surface area contributed by atoms with Gasteiger partial charge in [0.05, 0.1) is 11.2 Å². The first kappa shape index (κ1) is 18.0. The Morgan fingerprint density at radius 1 is 1.10 bits per heavy atom. The molecule has 0 amide bonds. The number of nitrogens with zero attached hydrogens (tertiary/aromatic N) is 3. The van der Waals surface area contributed by atoms with Crippen molar-refractivity contribution in [3.63, 3.8) is 0 Å². The number of H-pyrrole nitrogens is 1. The third kappa shape index (κ3) is 3.03. The second-order valence-corrected chi connectivity index (χ2v) is 8.16. The number of nitrogens with one attached hydrogen (secondary N) is 1. The van der Waals surface area contributed by atoms with Crippen molar-refractivity contribution >= 4 is 22.2 Å². The number of nitrogen functional groups attached to an aromatic ring is 1. The van der Waals surface area contributed by atoms with E-state index in [1.54, 1.807) is 6.20 Å². The Balaban J connectivity index is 1.43. The van der Waals surface area contributed by atoms with Gasteiger partial charge in [-0.2, -0.15) is 0 Å². The Hall–Kier alpha value is -3.80. The normalized spacial score (nSPS) is 14.2. The van der Waals surface area contributed by atoms with Gasteiger partial charge in [0.25, 0.3) is 0 Å². The maximum absolute atomic E-state index is 6.29. The molecule has 3 heterocycles. The third-order valence-electron chi connectivity index (χ3n) is 6.19. The molecule has 0 bridgehead atoms. The van der Waals surface area contributed by atoms with E-state index in [0.29, 0.717) is 18.3 Å². The number of hydrogen-bond donors (Lipinski definition) is 2. The fourth-order valence-electron chi connectivity index (χ4n) is 4.34. The molecule has 1 fully saturated rings. The van der Waals surface area contributed by atoms with Crippen molar-refractivity contribution in [1.82, 2.24) is 19.4 Å². The zero-order valence-corrected chi connectivity index (χ0v) is 17.1. The highest BCUT2D eigenvalue weighted by Gasteiger charge is 2.27. The van der Waals surface area contributed by atoms with Gasteiger partial charge in [-0.25, -0.2) is 9.97 Å². The van der Waals surface area contributed by atoms with Gasteiger partial charge in [-0.1, -0.05) is 48.9 Å². The lowest BCUT2D eigenvalue weighted by molar-refractivity contribution is 0.309. The van der Waals surface area contributed by atoms with Crippen LogP contribution >= 0.6 is 0 Å². The maximum atomic E-state index is 6.29. The van der Waals surface area contributed by atoms with Crippen LogP contribution in [0, 0.1) is 0 Å². The van der Waals surface area contributed by atoms with Crippen LogP contribution in [0.15, 0.2) is 67.0 Å². The van der Waals surface area contributed by atoms with Crippen LogP contribution in [0.5, 0.6) is 5.75 Å². The van der Waals surface area contributed by atoms with E-state index in [1.807, 2.05) is 36.5 Å². The smallest absolute Gasteiger partial charge is 0.150 e. The first-order chi connectivity index (χ1) is 15.3. The van der Waals surface area contributed by atoms with Crippen molar-refractivity contribution in [1.29, 1.82) is 0 Å². The third-order valence-corrected chi connectivity index (χ3v) is 6.19. The minimum atomic E-state index is 0.484. The fraction of sp³-hybridized carbons (Fsp3) is 0.200. The standard InChI is InChI=1S/C25H23N5O/c26-24-23-22(29-25(17-8-4-9-17)30(23)13-12-27-24)19-14-18-10-5-11-20(21(18)28-19)31-15-16-6-2-1-3-7-16/h1-3,5-7,10-14,17,28H,4,8-9,15H2,(H2,26,27). The SMILES string of the molecule is Nc1nccn2c(C3CCC3)nc(-c3cc4cccc(OCc5ccccc5)c4[nH]3)c12. The van der Waals surface area contributed by atoms with E-state index in [4.69, 9.17) is 15.5 Å². The monoisotopic (exact) mass is 409 g/mol. The van der Waals surface area contributed by atoms with Crippen LogP contribution in [0.1, 0.15) is 36.6 Å². The summed E-state index contributed by atoms with van der Waals surface area (Å²) in [7, 11) is 0. The summed E-state index contributed by atoms with van der Waals surface area (Å²) in [5.74, 6) is 2.87. The molecule has 6 nitrogen and oxygen atoms in total. The molecule has 0 radical (unpaired) electrons. The Kier molecular flexibility index (Phi) is 4.16. The summed E-state index contributed by atoms with van der Waals surface area (Å²) in [6.07, 6.45) is 7.31. The van der Waals surface area contributed by atoms with Gasteiger partial charge in [-0.15, -0.1) is 0 Å². The highest BCUT2D eigenvalue weighted by atomic mass is 16.5. The van der Waals surface area contributed by atoms with Crippen molar-refractivity contribution in [2.45, 2.75) is 31.8 Å². The molecule has 0 unspecified atom stereocenters. The number of aromatic nitrogens is 4. The molecule has 6 rings (SSSR count). The lowest BCUT2D eigenvalue weighted by Crippen LogP contribution is -2.12. The number of hydrogen-bond acceptors (Lipinski definition) is 4. The van der Waals surface area contributed by atoms with Crippen molar-refractivity contribution in [2.24, 2.45) is 0 Å². The minimum absolute atomic E-state index is 0.484. The van der Waals surface area contributed by atoms with Crippen LogP contribution in [0.25, 0.3) is 27.8 Å². The Morgan fingerprint density at radius 3 is 2.77 bits per heavy atom. The fourth-order valence-corrected chi connectivity index (χ4v) is 4.34. The highest BCUT2D eigenvalue weighted by molar-refractivity contribution is 5.93. The van der Waals surface area contributed by atoms with Gasteiger partial charge in [0.1, 0.15) is 35.2 Å². The zero-order chi connectivity index (χ0) is 20.8. The van der Waals surface area contributed by atoms with Crippen LogP contribution in [0.4, 0.5) is 5.82 Å². The van der Waals surface area contributed by atoms with E-state index >= 15 is 0 Å². The van der Waals surface area contributed by atoms with Gasteiger partial charge in [0.15, 0.2) is 0 Å². The average Bonchev–Trinajstić information content (AvgIpc) is 3.35. The molecule has 0 atom stereocenters. The van der Waals surface area contributed by atoms with Gasteiger partial charge in [-0.05, 0) is 30.5 Å². The number of nitrogens with two attached hydrogens (primary N) is 1. The Morgan fingerprint density at radius 2 is 1.97 bits per heavy atom. The predicted molar refractivity (Wildman–Crippen MR) is 122 cm³/mol. The molecular formula is C25H23N5O. The summed E-state index contributed by atoms with van der Waals surface area (Å²) in [6.45, 7) is 0.518. The van der Waals surface area contributed by atoms with Crippen molar-refractivity contribution in [2.75, 3.05) is 5.73 Å². The number of anilines is 1. The molecule has 1 aliphatic rings. The quantitative estimate of drug-likeness (QED) is 0.412. The van der Waals surface area contributed by atoms with Crippen molar-refractivity contribution in [3.8, 4) is 17.1 Å². The molecule has 2 aromatic carbocycles. The molecule has 3 N–H and O–H groups in total. The maximum Gasteiger partial charge on any atom is 0.150 e. The molecular weight excluding hydrogens is 386 g/mol. The summed E-state index contributed by atoms with van der Waals surface area (Å²) in [4.78, 5) is 12.9. The zero-order valence-electron chi connectivity index (χ0n) is 17.1. The number of benzene rings is 2. The van der Waals surface area contributed by atoms with Gasteiger partial charge in [0, 0.05) is 23.7 Å². The van der Waals surface area contributed by atoms with E-state index in [0.717, 1.165) is 44.9 Å². The predicted octanol–water partition coefficient (Wildman–Crippen LogP) is 5.31. The van der Waals surface area contributed by atoms with E-state index in [2.05, 4.69) is 38.6 Å². The van der Waals surface area contributed by atoms with Gasteiger partial charge in [-0.3, -0.25) is 4.40 Å². The number of imidazole rings is 1. The summed E-state index contributed by atoms with van der Waals surface area (Å²) < 4.78 is 8.25. The van der Waals surface area contributed by atoms with Gasteiger partial charge in [0.2, 0.25) is 0 Å². The molecule has 1 saturated carbocycles. The molecule has 0 aliphatic heterocycles. The Labute approximate surface area is 179 Å². The minimum Gasteiger partial charge on any atom is -0.487 e. The highest BCUT2D eigenvalue weighted by Crippen LogP contribution is 2.40. The van der Waals surface area contributed by atoms with Crippen LogP contribution < -0.4 is 10.5 Å². The lowest BCUT2D eigenvalue weighted by atomic mass is 9.85. The summed E-state index contributed by atoms with van der Waals surface area (Å²) in [5.41, 5.74) is 11.0. The number of para-hydroxylation sites is 1. The van der Waals surface area contributed by atoms with E-state index < -0.39 is 0 Å². The van der Waals surface area contributed by atoms with Gasteiger partial charge >= 0.3 is 0 Å². The topological polar surface area (TPSA) is 81.2 Å². The number of rotatable bonds is 5. The summed E-state index contributed by atoms with van der Waals surface area (Å²) in [6, 6.07) is 18.4. The van der Waals surface area contributed by atoms with Crippen LogP contribution in [0.3, 0.4) is 0 Å². The van der Waals surface area contributed by atoms with Crippen LogP contribution in [0.2, 0.25) is 0 Å². The first-order valence-electron chi connectivity index (χ1n) is 10.7. The number of fused-ring (bicyclic) bond motifs is 2. The number of ether oxygens (including phenoxy) is 1. The molecule has 1 aliphatic carbocycles. The number of aromatic amines is 1. The second kappa shape index (κ2) is 7.16. The summed E-state index contributed by atoms with van der Waals surface area (Å²) in [5, 5.41) is 1.08. The molecule has 0 saturated heterocycles. The molecule has 6 heteroatoms. The van der Waals surface area contributed by atoms with E-state index in [1.165, 1.54) is 19.3 Å². The second-order valence-electron chi connectivity index (χ2n) is 8.16. The van der Waals surface area contributed by atoms with E-state index in [-0.39, 0.29) is 0 Å². The first-order valence-corrected chi connectivity index (χ1v) is 10.7. The Bertz CT molecular complexity index is 1380. The average molecular weight is 409 g/mol. The van der Waals surface area contributed by atoms with Crippen molar-refractivity contribution < 1.29 is 4.74 Å². The van der Waals surface area contributed by atoms with Crippen molar-refractivity contribution in [3.05, 3.63) is 78.4 Å². The molecule has 3 aromatic heterocycles. The molecule has 154 valence electrons. The molecule has 0 spiro atoms. The van der Waals surface area contributed by atoms with Crippen LogP contribution in [-0.4, -0.2) is 19.4 Å².